The zero-order valence-corrected chi connectivity index (χ0v) is 43.1. The fourth-order valence-corrected chi connectivity index (χ4v) is 14.7. The van der Waals surface area contributed by atoms with Crippen LogP contribution >= 0.6 is 0 Å². The van der Waals surface area contributed by atoms with Gasteiger partial charge in [0.05, 0.1) is 11.2 Å². The molecule has 3 nitrogen and oxygen atoms in total. The molecule has 2 unspecified atom stereocenters. The molecule has 70 heavy (non-hydrogen) atoms. The van der Waals surface area contributed by atoms with E-state index in [2.05, 4.69) is 199 Å². The van der Waals surface area contributed by atoms with E-state index in [1.165, 1.54) is 101 Å². The molecule has 13 rings (SSSR count). The lowest BCUT2D eigenvalue weighted by molar-refractivity contribution is 0.194. The van der Waals surface area contributed by atoms with Gasteiger partial charge < -0.3 is 14.7 Å². The number of nitrogens with zero attached hydrogens (tertiary/aromatic N) is 3. The lowest BCUT2D eigenvalue weighted by atomic mass is 9.33. The number of anilines is 8. The Balaban J connectivity index is 1.11. The van der Waals surface area contributed by atoms with Crippen LogP contribution in [-0.2, 0) is 36.5 Å². The molecule has 0 bridgehead atoms. The van der Waals surface area contributed by atoms with Crippen molar-refractivity contribution in [2.24, 2.45) is 10.8 Å². The normalized spacial score (nSPS) is 22.0. The molecule has 6 aliphatic rings. The van der Waals surface area contributed by atoms with E-state index in [4.69, 9.17) is 0 Å². The summed E-state index contributed by atoms with van der Waals surface area (Å²) in [6.45, 7) is 23.9. The van der Waals surface area contributed by atoms with Crippen molar-refractivity contribution in [3.8, 4) is 11.1 Å². The second-order valence-corrected chi connectivity index (χ2v) is 25.4. The van der Waals surface area contributed by atoms with Crippen molar-refractivity contribution < 1.29 is 4.39 Å². The molecule has 0 amide bonds. The van der Waals surface area contributed by atoms with Gasteiger partial charge in [-0.15, -0.1) is 0 Å². The molecule has 0 N–H and O–H groups in total. The average Bonchev–Trinajstić information content (AvgIpc) is 3.87. The standard InChI is InChI=1S/C65H67BFN3/c1-40-28-58-60-59(29-40)69(54-24-19-46(61(2,3)4)33-50(54)41-16-12-11-13-17-41)57-35-49(70-55-25-20-47(67)34-51(55)64(9)26-14-15-27-65(64,70)10)22-23-52(57)66(60)53-31-44-38-63(7,8)39-45(44)32-56(53)68(58)48-21-18-42-36-62(5,6)37-43(42)30-48/h11-13,16-25,28-35H,14-15,26-27,36-39H2,1-10H3. The molecule has 1 fully saturated rings. The molecule has 7 aromatic rings. The monoisotopic (exact) mass is 920 g/mol. The molecule has 0 spiro atoms. The van der Waals surface area contributed by atoms with E-state index in [9.17, 15) is 0 Å². The highest BCUT2D eigenvalue weighted by Gasteiger charge is 2.58. The van der Waals surface area contributed by atoms with Gasteiger partial charge in [-0.25, -0.2) is 4.39 Å². The highest BCUT2D eigenvalue weighted by Crippen LogP contribution is 2.61. The largest absolute Gasteiger partial charge is 0.334 e. The van der Waals surface area contributed by atoms with Crippen LogP contribution in [0.3, 0.4) is 0 Å². The first kappa shape index (κ1) is 43.9. The molecule has 7 aromatic carbocycles. The van der Waals surface area contributed by atoms with E-state index in [-0.39, 0.29) is 39.7 Å². The minimum Gasteiger partial charge on any atom is -0.334 e. The summed E-state index contributed by atoms with van der Waals surface area (Å²) < 4.78 is 15.4. The van der Waals surface area contributed by atoms with Crippen LogP contribution in [0.15, 0.2) is 127 Å². The van der Waals surface area contributed by atoms with Crippen molar-refractivity contribution >= 4 is 68.6 Å². The lowest BCUT2D eigenvalue weighted by Gasteiger charge is -2.50. The fourth-order valence-electron chi connectivity index (χ4n) is 14.7. The summed E-state index contributed by atoms with van der Waals surface area (Å²) in [6, 6.07) is 48.8. The van der Waals surface area contributed by atoms with Gasteiger partial charge in [-0.1, -0.05) is 123 Å². The Hall–Kier alpha value is -6.07. The summed E-state index contributed by atoms with van der Waals surface area (Å²) in [4.78, 5) is 7.92. The van der Waals surface area contributed by atoms with Crippen LogP contribution in [0.25, 0.3) is 11.1 Å². The van der Waals surface area contributed by atoms with Gasteiger partial charge in [-0.2, -0.15) is 0 Å². The van der Waals surface area contributed by atoms with Gasteiger partial charge >= 0.3 is 0 Å². The lowest BCUT2D eigenvalue weighted by Crippen LogP contribution is -2.61. The van der Waals surface area contributed by atoms with E-state index in [1.807, 2.05) is 6.07 Å². The van der Waals surface area contributed by atoms with Crippen molar-refractivity contribution in [2.45, 2.75) is 137 Å². The molecule has 352 valence electrons. The minimum absolute atomic E-state index is 0.00374. The van der Waals surface area contributed by atoms with Gasteiger partial charge in [0.2, 0.25) is 0 Å². The predicted molar refractivity (Wildman–Crippen MR) is 294 cm³/mol. The van der Waals surface area contributed by atoms with Crippen molar-refractivity contribution in [1.82, 2.24) is 0 Å². The highest BCUT2D eigenvalue weighted by molar-refractivity contribution is 7.00. The molecule has 0 aromatic heterocycles. The molecule has 0 radical (unpaired) electrons. The van der Waals surface area contributed by atoms with Crippen LogP contribution in [0.5, 0.6) is 0 Å². The first-order valence-electron chi connectivity index (χ1n) is 26.3. The number of aryl methyl sites for hydroxylation is 1. The fraction of sp³-hybridized carbons (Fsp3) is 0.354. The molecule has 2 atom stereocenters. The zero-order valence-electron chi connectivity index (χ0n) is 43.1. The Bertz CT molecular complexity index is 3360. The van der Waals surface area contributed by atoms with E-state index in [0.29, 0.717) is 0 Å². The summed E-state index contributed by atoms with van der Waals surface area (Å²) in [5.74, 6) is -0.148. The SMILES string of the molecule is Cc1cc2c3c(c1)N(c1ccc(C(C)(C)C)cc1-c1ccccc1)c1cc(N4c5ccc(F)cc5C5(C)CCCCC45C)ccc1B3c1cc3c(cc1N2c1ccc2c(c1)CC(C)(C)C2)CC(C)(C)C3. The highest BCUT2D eigenvalue weighted by atomic mass is 19.1. The molecule has 3 aliphatic carbocycles. The Kier molecular flexibility index (Phi) is 9.25. The summed E-state index contributed by atoms with van der Waals surface area (Å²) >= 11 is 0. The van der Waals surface area contributed by atoms with E-state index in [0.717, 1.165) is 62.6 Å². The Morgan fingerprint density at radius 2 is 1.17 bits per heavy atom. The maximum absolute atomic E-state index is 15.4. The molecular formula is C65H67BFN3. The van der Waals surface area contributed by atoms with Crippen molar-refractivity contribution in [3.63, 3.8) is 0 Å². The molecular weight excluding hydrogens is 853 g/mol. The maximum atomic E-state index is 15.4. The van der Waals surface area contributed by atoms with Gasteiger partial charge in [-0.05, 0) is 202 Å². The van der Waals surface area contributed by atoms with Crippen molar-refractivity contribution in [1.29, 1.82) is 0 Å². The topological polar surface area (TPSA) is 9.72 Å². The first-order valence-corrected chi connectivity index (χ1v) is 26.3. The van der Waals surface area contributed by atoms with E-state index in [1.54, 1.807) is 6.07 Å². The molecule has 3 aliphatic heterocycles. The quantitative estimate of drug-likeness (QED) is 0.163. The second-order valence-electron chi connectivity index (χ2n) is 25.4. The predicted octanol–water partition coefficient (Wildman–Crippen LogP) is 15.2. The first-order chi connectivity index (χ1) is 33.3. The van der Waals surface area contributed by atoms with Crippen molar-refractivity contribution in [3.05, 3.63) is 172 Å². The Morgan fingerprint density at radius 3 is 1.91 bits per heavy atom. The molecule has 1 saturated carbocycles. The Morgan fingerprint density at radius 1 is 0.529 bits per heavy atom. The van der Waals surface area contributed by atoms with Gasteiger partial charge in [0.15, 0.2) is 0 Å². The van der Waals surface area contributed by atoms with Crippen molar-refractivity contribution in [2.75, 3.05) is 14.7 Å². The van der Waals surface area contributed by atoms with E-state index >= 15 is 4.39 Å². The van der Waals surface area contributed by atoms with Crippen LogP contribution in [0.2, 0.25) is 0 Å². The minimum atomic E-state index is -0.225. The van der Waals surface area contributed by atoms with E-state index < -0.39 is 0 Å². The van der Waals surface area contributed by atoms with Gasteiger partial charge in [0.1, 0.15) is 5.82 Å². The van der Waals surface area contributed by atoms with Crippen LogP contribution in [0.1, 0.15) is 127 Å². The van der Waals surface area contributed by atoms with Gasteiger partial charge in [-0.3, -0.25) is 0 Å². The Labute approximate surface area is 416 Å². The van der Waals surface area contributed by atoms with Gasteiger partial charge in [0, 0.05) is 50.8 Å². The third-order valence-electron chi connectivity index (χ3n) is 18.2. The number of benzene rings is 7. The number of halogens is 1. The van der Waals surface area contributed by atoms with Crippen LogP contribution in [-0.4, -0.2) is 12.3 Å². The molecule has 3 heterocycles. The second kappa shape index (κ2) is 14.7. The average molecular weight is 920 g/mol. The number of hydrogen-bond acceptors (Lipinski definition) is 3. The summed E-state index contributed by atoms with van der Waals surface area (Å²) in [6.07, 6.45) is 8.77. The number of fused-ring (bicyclic) bond motifs is 9. The number of rotatable bonds is 4. The van der Waals surface area contributed by atoms with Crippen LogP contribution in [0.4, 0.5) is 49.9 Å². The summed E-state index contributed by atoms with van der Waals surface area (Å²) in [5, 5.41) is 0. The third kappa shape index (κ3) is 6.37. The zero-order chi connectivity index (χ0) is 48.4. The summed E-state index contributed by atoms with van der Waals surface area (Å²) in [7, 11) is 0. The maximum Gasteiger partial charge on any atom is 0.252 e. The number of hydrogen-bond donors (Lipinski definition) is 0. The summed E-state index contributed by atoms with van der Waals surface area (Å²) in [5.41, 5.74) is 25.9. The van der Waals surface area contributed by atoms with Crippen LogP contribution < -0.4 is 31.1 Å². The van der Waals surface area contributed by atoms with Crippen LogP contribution in [0, 0.1) is 23.6 Å². The molecule has 5 heteroatoms. The smallest absolute Gasteiger partial charge is 0.252 e. The third-order valence-corrected chi connectivity index (χ3v) is 18.2. The van der Waals surface area contributed by atoms with Gasteiger partial charge in [0.25, 0.3) is 6.71 Å². The molecule has 0 saturated heterocycles.